The topological polar surface area (TPSA) is 20.2 Å². The van der Waals surface area contributed by atoms with E-state index in [9.17, 15) is 5.11 Å². The molecular weight excluding hydrogens is 172 g/mol. The third-order valence-electron chi connectivity index (χ3n) is 2.77. The van der Waals surface area contributed by atoms with Gasteiger partial charge in [0.1, 0.15) is 0 Å². The highest BCUT2D eigenvalue weighted by Crippen LogP contribution is 2.21. The summed E-state index contributed by atoms with van der Waals surface area (Å²) < 4.78 is 0. The van der Waals surface area contributed by atoms with E-state index in [0.29, 0.717) is 5.92 Å². The first-order valence-corrected chi connectivity index (χ1v) is 6.09. The summed E-state index contributed by atoms with van der Waals surface area (Å²) in [7, 11) is 0. The molecule has 0 amide bonds. The van der Waals surface area contributed by atoms with Crippen LogP contribution in [0.5, 0.6) is 0 Å². The Hall–Kier alpha value is -0.0400. The fraction of sp³-hybridized carbons (Fsp3) is 1.00. The lowest BCUT2D eigenvalue weighted by Crippen LogP contribution is -2.09. The molecule has 0 fully saturated rings. The second kappa shape index (κ2) is 7.28. The average molecular weight is 200 g/mol. The van der Waals surface area contributed by atoms with Crippen LogP contribution in [-0.2, 0) is 0 Å². The smallest absolute Gasteiger partial charge is 0.0514 e. The zero-order valence-electron chi connectivity index (χ0n) is 10.6. The highest BCUT2D eigenvalue weighted by Gasteiger charge is 2.10. The maximum Gasteiger partial charge on any atom is 0.0514 e. The summed E-state index contributed by atoms with van der Waals surface area (Å²) in [5.41, 5.74) is 0. The molecule has 14 heavy (non-hydrogen) atoms. The van der Waals surface area contributed by atoms with Gasteiger partial charge in [0, 0.05) is 0 Å². The minimum atomic E-state index is -0.134. The van der Waals surface area contributed by atoms with Crippen LogP contribution in [0, 0.1) is 17.8 Å². The maximum atomic E-state index is 9.23. The van der Waals surface area contributed by atoms with Crippen LogP contribution in [-0.4, -0.2) is 11.2 Å². The van der Waals surface area contributed by atoms with Crippen LogP contribution >= 0.6 is 0 Å². The molecule has 0 saturated heterocycles. The molecule has 0 spiro atoms. The first-order valence-electron chi connectivity index (χ1n) is 6.09. The van der Waals surface area contributed by atoms with Crippen molar-refractivity contribution in [2.45, 2.75) is 66.4 Å². The lowest BCUT2D eigenvalue weighted by Gasteiger charge is -2.17. The van der Waals surface area contributed by atoms with Gasteiger partial charge >= 0.3 is 0 Å². The molecule has 0 bridgehead atoms. The van der Waals surface area contributed by atoms with Gasteiger partial charge in [-0.1, -0.05) is 40.5 Å². The number of rotatable bonds is 7. The van der Waals surface area contributed by atoms with Crippen molar-refractivity contribution in [1.82, 2.24) is 0 Å². The van der Waals surface area contributed by atoms with E-state index in [1.54, 1.807) is 0 Å². The Labute approximate surface area is 89.9 Å². The van der Waals surface area contributed by atoms with Crippen LogP contribution in [0.1, 0.15) is 60.3 Å². The van der Waals surface area contributed by atoms with Gasteiger partial charge in [-0.2, -0.15) is 0 Å². The number of hydrogen-bond donors (Lipinski definition) is 1. The largest absolute Gasteiger partial charge is 0.393 e. The molecule has 0 aromatic carbocycles. The van der Waals surface area contributed by atoms with E-state index in [0.717, 1.165) is 18.3 Å². The van der Waals surface area contributed by atoms with E-state index in [1.165, 1.54) is 19.3 Å². The number of aliphatic hydroxyl groups excluding tert-OH is 1. The van der Waals surface area contributed by atoms with E-state index >= 15 is 0 Å². The van der Waals surface area contributed by atoms with Gasteiger partial charge < -0.3 is 5.11 Å². The summed E-state index contributed by atoms with van der Waals surface area (Å²) >= 11 is 0. The molecule has 0 aliphatic rings. The standard InChI is InChI=1S/C13H28O/c1-10(2)8-11(3)6-7-12(4)9-13(5)14/h10-14H,6-9H2,1-5H3. The fourth-order valence-electron chi connectivity index (χ4n) is 2.19. The minimum Gasteiger partial charge on any atom is -0.393 e. The first kappa shape index (κ1) is 14.0. The van der Waals surface area contributed by atoms with E-state index in [1.807, 2.05) is 6.92 Å². The SMILES string of the molecule is CC(C)CC(C)CCC(C)CC(C)O. The Morgan fingerprint density at radius 1 is 0.786 bits per heavy atom. The zero-order valence-corrected chi connectivity index (χ0v) is 10.6. The van der Waals surface area contributed by atoms with E-state index < -0.39 is 0 Å². The second-order valence-corrected chi connectivity index (χ2v) is 5.50. The van der Waals surface area contributed by atoms with Gasteiger partial charge in [-0.25, -0.2) is 0 Å². The van der Waals surface area contributed by atoms with E-state index in [2.05, 4.69) is 27.7 Å². The summed E-state index contributed by atoms with van der Waals surface area (Å²) in [4.78, 5) is 0. The number of hydrogen-bond acceptors (Lipinski definition) is 1. The third-order valence-corrected chi connectivity index (χ3v) is 2.77. The summed E-state index contributed by atoms with van der Waals surface area (Å²) in [5, 5.41) is 9.23. The fourth-order valence-corrected chi connectivity index (χ4v) is 2.19. The van der Waals surface area contributed by atoms with Crippen LogP contribution in [0.15, 0.2) is 0 Å². The lowest BCUT2D eigenvalue weighted by molar-refractivity contribution is 0.159. The molecule has 0 aliphatic heterocycles. The van der Waals surface area contributed by atoms with Crippen LogP contribution in [0.4, 0.5) is 0 Å². The van der Waals surface area contributed by atoms with Crippen molar-refractivity contribution in [2.75, 3.05) is 0 Å². The van der Waals surface area contributed by atoms with E-state index in [4.69, 9.17) is 0 Å². The van der Waals surface area contributed by atoms with Crippen molar-refractivity contribution in [2.24, 2.45) is 17.8 Å². The predicted octanol–water partition coefficient (Wildman–Crippen LogP) is 3.86. The first-order chi connectivity index (χ1) is 6.41. The van der Waals surface area contributed by atoms with Crippen molar-refractivity contribution in [3.8, 4) is 0 Å². The molecular formula is C13H28O. The molecule has 0 aromatic heterocycles. The molecule has 86 valence electrons. The van der Waals surface area contributed by atoms with Crippen molar-refractivity contribution < 1.29 is 5.11 Å². The highest BCUT2D eigenvalue weighted by atomic mass is 16.3. The molecule has 0 rings (SSSR count). The normalized spacial score (nSPS) is 18.2. The van der Waals surface area contributed by atoms with Gasteiger partial charge in [0.05, 0.1) is 6.10 Å². The van der Waals surface area contributed by atoms with Crippen molar-refractivity contribution in [1.29, 1.82) is 0 Å². The van der Waals surface area contributed by atoms with E-state index in [-0.39, 0.29) is 6.10 Å². The van der Waals surface area contributed by atoms with Crippen LogP contribution in [0.25, 0.3) is 0 Å². The minimum absolute atomic E-state index is 0.134. The summed E-state index contributed by atoms with van der Waals surface area (Å²) in [6.07, 6.45) is 4.73. The average Bonchev–Trinajstić information content (AvgIpc) is 1.98. The predicted molar refractivity (Wildman–Crippen MR) is 63.3 cm³/mol. The molecule has 0 saturated carbocycles. The quantitative estimate of drug-likeness (QED) is 0.661. The summed E-state index contributed by atoms with van der Waals surface area (Å²) in [5.74, 6) is 2.33. The van der Waals surface area contributed by atoms with Crippen molar-refractivity contribution in [3.63, 3.8) is 0 Å². The molecule has 3 unspecified atom stereocenters. The van der Waals surface area contributed by atoms with Crippen LogP contribution < -0.4 is 0 Å². The lowest BCUT2D eigenvalue weighted by atomic mass is 9.90. The van der Waals surface area contributed by atoms with Gasteiger partial charge in [-0.3, -0.25) is 0 Å². The Balaban J connectivity index is 3.50. The Morgan fingerprint density at radius 2 is 1.21 bits per heavy atom. The second-order valence-electron chi connectivity index (χ2n) is 5.50. The maximum absolute atomic E-state index is 9.23. The highest BCUT2D eigenvalue weighted by molar-refractivity contribution is 4.62. The van der Waals surface area contributed by atoms with Gasteiger partial charge in [-0.05, 0) is 37.5 Å². The molecule has 0 radical (unpaired) electrons. The summed E-state index contributed by atoms with van der Waals surface area (Å²) in [6.45, 7) is 11.0. The molecule has 0 aliphatic carbocycles. The molecule has 1 nitrogen and oxygen atoms in total. The monoisotopic (exact) mass is 200 g/mol. The zero-order chi connectivity index (χ0) is 11.1. The van der Waals surface area contributed by atoms with Crippen LogP contribution in [0.3, 0.4) is 0 Å². The van der Waals surface area contributed by atoms with Gasteiger partial charge in [-0.15, -0.1) is 0 Å². The van der Waals surface area contributed by atoms with Gasteiger partial charge in [0.25, 0.3) is 0 Å². The Bertz CT molecular complexity index is 113. The van der Waals surface area contributed by atoms with Crippen LogP contribution in [0.2, 0.25) is 0 Å². The molecule has 0 heterocycles. The third kappa shape index (κ3) is 8.55. The molecule has 0 aromatic rings. The van der Waals surface area contributed by atoms with Gasteiger partial charge in [0.2, 0.25) is 0 Å². The van der Waals surface area contributed by atoms with Gasteiger partial charge in [0.15, 0.2) is 0 Å². The molecule has 1 N–H and O–H groups in total. The summed E-state index contributed by atoms with van der Waals surface area (Å²) in [6, 6.07) is 0. The van der Waals surface area contributed by atoms with Crippen molar-refractivity contribution >= 4 is 0 Å². The molecule has 3 atom stereocenters. The molecule has 1 heteroatoms. The Kier molecular flexibility index (Phi) is 7.26. The Morgan fingerprint density at radius 3 is 1.57 bits per heavy atom. The number of aliphatic hydroxyl groups is 1. The van der Waals surface area contributed by atoms with Crippen molar-refractivity contribution in [3.05, 3.63) is 0 Å².